The standard InChI is InChI=1S/C12H19NO5/c1-12(2)17-10-7-5-16-13-8(7)4-9(11(10)18-12)15-6-14-3/h7,9-11H,4-6H2,1-3H3. The zero-order chi connectivity index (χ0) is 12.8. The van der Waals surface area contributed by atoms with E-state index in [0.29, 0.717) is 13.0 Å². The summed E-state index contributed by atoms with van der Waals surface area (Å²) >= 11 is 0. The molecule has 3 rings (SSSR count). The summed E-state index contributed by atoms with van der Waals surface area (Å²) in [5.74, 6) is -0.388. The lowest BCUT2D eigenvalue weighted by molar-refractivity contribution is -0.168. The molecular formula is C12H19NO5. The van der Waals surface area contributed by atoms with Gasteiger partial charge in [-0.15, -0.1) is 0 Å². The summed E-state index contributed by atoms with van der Waals surface area (Å²) in [5, 5.41) is 4.08. The number of methoxy groups -OCH3 is 1. The molecule has 0 bridgehead atoms. The van der Waals surface area contributed by atoms with Crippen LogP contribution < -0.4 is 0 Å². The molecule has 2 aliphatic heterocycles. The lowest BCUT2D eigenvalue weighted by Crippen LogP contribution is -2.50. The SMILES string of the molecule is COCOC1CC2=NOCC2C2OC(C)(C)OC12. The first-order chi connectivity index (χ1) is 8.61. The quantitative estimate of drug-likeness (QED) is 0.703. The number of nitrogens with zero attached hydrogens (tertiary/aromatic N) is 1. The number of fused-ring (bicyclic) bond motifs is 3. The molecule has 0 radical (unpaired) electrons. The molecule has 0 aromatic heterocycles. The summed E-state index contributed by atoms with van der Waals surface area (Å²) in [4.78, 5) is 5.19. The smallest absolute Gasteiger partial charge is 0.163 e. The zero-order valence-corrected chi connectivity index (χ0v) is 10.9. The monoisotopic (exact) mass is 257 g/mol. The van der Waals surface area contributed by atoms with Gasteiger partial charge in [-0.25, -0.2) is 0 Å². The van der Waals surface area contributed by atoms with Gasteiger partial charge in [0.05, 0.1) is 17.7 Å². The summed E-state index contributed by atoms with van der Waals surface area (Å²) in [7, 11) is 1.61. The minimum absolute atomic E-state index is 0.0446. The van der Waals surface area contributed by atoms with Gasteiger partial charge < -0.3 is 23.8 Å². The molecule has 0 aromatic carbocycles. The number of oxime groups is 1. The van der Waals surface area contributed by atoms with E-state index in [9.17, 15) is 0 Å². The Kier molecular flexibility index (Phi) is 3.05. The van der Waals surface area contributed by atoms with E-state index in [1.165, 1.54) is 0 Å². The third kappa shape index (κ3) is 2.03. The molecule has 0 N–H and O–H groups in total. The lowest BCUT2D eigenvalue weighted by Gasteiger charge is -2.34. The van der Waals surface area contributed by atoms with Crippen LogP contribution in [0.4, 0.5) is 0 Å². The Balaban J connectivity index is 1.80. The summed E-state index contributed by atoms with van der Waals surface area (Å²) in [6, 6.07) is 0. The third-order valence-electron chi connectivity index (χ3n) is 3.60. The van der Waals surface area contributed by atoms with Gasteiger partial charge in [0.25, 0.3) is 0 Å². The van der Waals surface area contributed by atoms with Crippen LogP contribution in [0.3, 0.4) is 0 Å². The fourth-order valence-electron chi connectivity index (χ4n) is 2.88. The third-order valence-corrected chi connectivity index (χ3v) is 3.60. The highest BCUT2D eigenvalue weighted by molar-refractivity contribution is 5.89. The van der Waals surface area contributed by atoms with Gasteiger partial charge in [-0.05, 0) is 13.8 Å². The molecule has 4 unspecified atom stereocenters. The first-order valence-corrected chi connectivity index (χ1v) is 6.25. The summed E-state index contributed by atoms with van der Waals surface area (Å²) < 4.78 is 22.6. The normalized spacial score (nSPS) is 40.9. The molecule has 18 heavy (non-hydrogen) atoms. The molecule has 6 heteroatoms. The highest BCUT2D eigenvalue weighted by Crippen LogP contribution is 2.41. The molecule has 3 aliphatic rings. The van der Waals surface area contributed by atoms with Gasteiger partial charge in [-0.1, -0.05) is 5.16 Å². The summed E-state index contributed by atoms with van der Waals surface area (Å²) in [6.45, 7) is 4.67. The maximum atomic E-state index is 5.97. The van der Waals surface area contributed by atoms with E-state index in [4.69, 9.17) is 23.8 Å². The Bertz CT molecular complexity index is 356. The molecule has 0 spiro atoms. The van der Waals surface area contributed by atoms with Gasteiger partial charge in [-0.2, -0.15) is 0 Å². The topological polar surface area (TPSA) is 58.5 Å². The van der Waals surface area contributed by atoms with E-state index in [1.807, 2.05) is 13.8 Å². The maximum absolute atomic E-state index is 5.97. The van der Waals surface area contributed by atoms with Crippen LogP contribution in [0.1, 0.15) is 20.3 Å². The van der Waals surface area contributed by atoms with Gasteiger partial charge in [0.15, 0.2) is 5.79 Å². The second kappa shape index (κ2) is 4.45. The van der Waals surface area contributed by atoms with Crippen LogP contribution in [0.2, 0.25) is 0 Å². The van der Waals surface area contributed by atoms with Crippen molar-refractivity contribution in [3.8, 4) is 0 Å². The summed E-state index contributed by atoms with van der Waals surface area (Å²) in [5.41, 5.74) is 1.01. The van der Waals surface area contributed by atoms with Crippen LogP contribution in [0.15, 0.2) is 5.16 Å². The van der Waals surface area contributed by atoms with Crippen molar-refractivity contribution in [2.75, 3.05) is 20.5 Å². The molecule has 0 aromatic rings. The molecule has 2 fully saturated rings. The van der Waals surface area contributed by atoms with Crippen LogP contribution in [-0.2, 0) is 23.8 Å². The van der Waals surface area contributed by atoms with Gasteiger partial charge in [0, 0.05) is 13.5 Å². The molecule has 102 valence electrons. The Morgan fingerprint density at radius 3 is 2.89 bits per heavy atom. The average Bonchev–Trinajstić information content (AvgIpc) is 2.88. The van der Waals surface area contributed by atoms with Crippen molar-refractivity contribution < 1.29 is 23.8 Å². The van der Waals surface area contributed by atoms with E-state index in [1.54, 1.807) is 7.11 Å². The van der Waals surface area contributed by atoms with Crippen LogP contribution in [0.5, 0.6) is 0 Å². The number of ether oxygens (including phenoxy) is 4. The van der Waals surface area contributed by atoms with Crippen molar-refractivity contribution in [2.45, 2.75) is 44.4 Å². The molecule has 6 nitrogen and oxygen atoms in total. The second-order valence-corrected chi connectivity index (χ2v) is 5.37. The van der Waals surface area contributed by atoms with Gasteiger partial charge >= 0.3 is 0 Å². The van der Waals surface area contributed by atoms with Crippen LogP contribution in [0, 0.1) is 5.92 Å². The number of hydrogen-bond acceptors (Lipinski definition) is 6. The van der Waals surface area contributed by atoms with Gasteiger partial charge in [0.1, 0.15) is 25.6 Å². The Labute approximate surface area is 106 Å². The van der Waals surface area contributed by atoms with Crippen LogP contribution >= 0.6 is 0 Å². The van der Waals surface area contributed by atoms with Gasteiger partial charge in [0.2, 0.25) is 0 Å². The lowest BCUT2D eigenvalue weighted by atomic mass is 9.82. The molecular weight excluding hydrogens is 238 g/mol. The van der Waals surface area contributed by atoms with Crippen molar-refractivity contribution in [1.82, 2.24) is 0 Å². The van der Waals surface area contributed by atoms with Crippen LogP contribution in [-0.4, -0.2) is 50.3 Å². The Morgan fingerprint density at radius 2 is 2.11 bits per heavy atom. The second-order valence-electron chi connectivity index (χ2n) is 5.37. The minimum Gasteiger partial charge on any atom is -0.395 e. The molecule has 1 aliphatic carbocycles. The Hall–Kier alpha value is -0.690. The fourth-order valence-corrected chi connectivity index (χ4v) is 2.88. The van der Waals surface area contributed by atoms with Crippen molar-refractivity contribution in [2.24, 2.45) is 11.1 Å². The van der Waals surface area contributed by atoms with E-state index < -0.39 is 5.79 Å². The molecule has 2 heterocycles. The first-order valence-electron chi connectivity index (χ1n) is 6.25. The number of rotatable bonds is 3. The summed E-state index contributed by atoms with van der Waals surface area (Å²) in [6.07, 6.45) is 0.500. The van der Waals surface area contributed by atoms with Crippen LogP contribution in [0.25, 0.3) is 0 Å². The van der Waals surface area contributed by atoms with Gasteiger partial charge in [-0.3, -0.25) is 0 Å². The average molecular weight is 257 g/mol. The van der Waals surface area contributed by atoms with E-state index in [2.05, 4.69) is 5.16 Å². The molecule has 1 saturated carbocycles. The van der Waals surface area contributed by atoms with Crippen molar-refractivity contribution >= 4 is 5.71 Å². The highest BCUT2D eigenvalue weighted by atomic mass is 16.8. The zero-order valence-electron chi connectivity index (χ0n) is 10.9. The van der Waals surface area contributed by atoms with Crippen molar-refractivity contribution in [1.29, 1.82) is 0 Å². The largest absolute Gasteiger partial charge is 0.395 e. The van der Waals surface area contributed by atoms with Crippen molar-refractivity contribution in [3.05, 3.63) is 0 Å². The van der Waals surface area contributed by atoms with E-state index in [0.717, 1.165) is 5.71 Å². The molecule has 4 atom stereocenters. The van der Waals surface area contributed by atoms with Crippen molar-refractivity contribution in [3.63, 3.8) is 0 Å². The van der Waals surface area contributed by atoms with E-state index in [-0.39, 0.29) is 31.0 Å². The highest BCUT2D eigenvalue weighted by Gasteiger charge is 2.55. The predicted octanol–water partition coefficient (Wildman–Crippen LogP) is 0.902. The van der Waals surface area contributed by atoms with E-state index >= 15 is 0 Å². The first kappa shape index (κ1) is 12.3. The minimum atomic E-state index is -0.581. The predicted molar refractivity (Wildman–Crippen MR) is 62.1 cm³/mol. The fraction of sp³-hybridized carbons (Fsp3) is 0.917. The molecule has 1 saturated heterocycles. The Morgan fingerprint density at radius 1 is 1.33 bits per heavy atom. The maximum Gasteiger partial charge on any atom is 0.163 e. The molecule has 0 amide bonds. The number of hydrogen-bond donors (Lipinski definition) is 0.